The highest BCUT2D eigenvalue weighted by Crippen LogP contribution is 2.39. The van der Waals surface area contributed by atoms with Crippen molar-refractivity contribution in [3.8, 4) is 39.6 Å². The lowest BCUT2D eigenvalue weighted by atomic mass is 9.86. The first-order valence-corrected chi connectivity index (χ1v) is 13.2. The normalized spacial score (nSPS) is 11.7. The lowest BCUT2D eigenvalue weighted by Gasteiger charge is -2.19. The van der Waals surface area contributed by atoms with Gasteiger partial charge in [0.25, 0.3) is 0 Å². The summed E-state index contributed by atoms with van der Waals surface area (Å²) in [5.41, 5.74) is 9.32. The van der Waals surface area contributed by atoms with E-state index in [9.17, 15) is 5.11 Å². The van der Waals surface area contributed by atoms with E-state index in [1.165, 1.54) is 5.56 Å². The van der Waals surface area contributed by atoms with Crippen LogP contribution in [0, 0.1) is 0 Å². The van der Waals surface area contributed by atoms with E-state index in [2.05, 4.69) is 68.2 Å². The van der Waals surface area contributed by atoms with Crippen LogP contribution in [0.5, 0.6) is 5.75 Å². The van der Waals surface area contributed by atoms with Crippen molar-refractivity contribution in [3.05, 3.63) is 126 Å². The first kappa shape index (κ1) is 24.6. The Morgan fingerprint density at radius 1 is 0.744 bits per heavy atom. The summed E-state index contributed by atoms with van der Waals surface area (Å²) in [6, 6.07) is 34.5. The average Bonchev–Trinajstić information content (AvgIpc) is 3.40. The summed E-state index contributed by atoms with van der Waals surface area (Å²) in [7, 11) is 0. The number of fused-ring (bicyclic) bond motifs is 1. The molecule has 4 heteroatoms. The lowest BCUT2D eigenvalue weighted by Crippen LogP contribution is -2.10. The van der Waals surface area contributed by atoms with Crippen molar-refractivity contribution in [2.75, 3.05) is 0 Å². The Kier molecular flexibility index (Phi) is 6.24. The molecule has 4 nitrogen and oxygen atoms in total. The van der Waals surface area contributed by atoms with Crippen molar-refractivity contribution in [1.82, 2.24) is 9.97 Å². The fourth-order valence-electron chi connectivity index (χ4n) is 4.92. The molecule has 0 saturated carbocycles. The molecule has 0 radical (unpaired) electrons. The van der Waals surface area contributed by atoms with Gasteiger partial charge in [0.15, 0.2) is 5.58 Å². The summed E-state index contributed by atoms with van der Waals surface area (Å²) < 4.78 is 6.50. The molecule has 0 amide bonds. The van der Waals surface area contributed by atoms with Crippen molar-refractivity contribution in [1.29, 1.82) is 0 Å². The maximum Gasteiger partial charge on any atom is 0.231 e. The number of hydrogen-bond acceptors (Lipinski definition) is 4. The van der Waals surface area contributed by atoms with Crippen LogP contribution in [-0.4, -0.2) is 15.1 Å². The maximum absolute atomic E-state index is 10.8. The molecule has 39 heavy (non-hydrogen) atoms. The minimum Gasteiger partial charge on any atom is -0.507 e. The Morgan fingerprint density at radius 3 is 2.31 bits per heavy atom. The molecular formula is C35H30N2O2. The number of benzene rings is 4. The van der Waals surface area contributed by atoms with Crippen molar-refractivity contribution in [2.45, 2.75) is 32.6 Å². The number of phenols is 1. The molecule has 1 N–H and O–H groups in total. The number of oxazole rings is 1. The van der Waals surface area contributed by atoms with Crippen LogP contribution >= 0.6 is 0 Å². The molecule has 6 aromatic rings. The number of pyridine rings is 1. The van der Waals surface area contributed by atoms with Gasteiger partial charge in [-0.25, -0.2) is 4.98 Å². The third-order valence-electron chi connectivity index (χ3n) is 7.09. The molecule has 2 heterocycles. The fourth-order valence-corrected chi connectivity index (χ4v) is 4.92. The molecule has 0 atom stereocenters. The Labute approximate surface area is 228 Å². The highest BCUT2D eigenvalue weighted by atomic mass is 16.4. The van der Waals surface area contributed by atoms with Crippen LogP contribution in [0.25, 0.3) is 44.9 Å². The SMILES string of the molecule is CC(C)(C)c1ccc(O)c(-c2nc3c(-c4cccc(-c5ccccn5)c4)ccc(Cc4ccccc4)c3o2)c1. The summed E-state index contributed by atoms with van der Waals surface area (Å²) >= 11 is 0. The van der Waals surface area contributed by atoms with Crippen molar-refractivity contribution in [2.24, 2.45) is 0 Å². The Morgan fingerprint density at radius 2 is 1.54 bits per heavy atom. The van der Waals surface area contributed by atoms with Gasteiger partial charge in [0.2, 0.25) is 5.89 Å². The van der Waals surface area contributed by atoms with Gasteiger partial charge in [-0.1, -0.05) is 93.6 Å². The van der Waals surface area contributed by atoms with Crippen LogP contribution in [-0.2, 0) is 11.8 Å². The van der Waals surface area contributed by atoms with Crippen LogP contribution in [0.2, 0.25) is 0 Å². The zero-order valence-corrected chi connectivity index (χ0v) is 22.3. The third-order valence-corrected chi connectivity index (χ3v) is 7.09. The highest BCUT2D eigenvalue weighted by molar-refractivity contribution is 5.95. The van der Waals surface area contributed by atoms with Crippen molar-refractivity contribution in [3.63, 3.8) is 0 Å². The van der Waals surface area contributed by atoms with E-state index in [4.69, 9.17) is 9.40 Å². The number of phenolic OH excluding ortho intramolecular Hbond substituents is 1. The average molecular weight is 511 g/mol. The van der Waals surface area contributed by atoms with E-state index in [0.29, 0.717) is 17.9 Å². The van der Waals surface area contributed by atoms with E-state index >= 15 is 0 Å². The second-order valence-electron chi connectivity index (χ2n) is 10.9. The van der Waals surface area contributed by atoms with Gasteiger partial charge < -0.3 is 9.52 Å². The van der Waals surface area contributed by atoms with E-state index < -0.39 is 0 Å². The van der Waals surface area contributed by atoms with E-state index in [1.54, 1.807) is 12.3 Å². The zero-order valence-electron chi connectivity index (χ0n) is 22.3. The molecular weight excluding hydrogens is 480 g/mol. The van der Waals surface area contributed by atoms with Crippen LogP contribution in [0.15, 0.2) is 114 Å². The molecule has 0 aliphatic carbocycles. The summed E-state index contributed by atoms with van der Waals surface area (Å²) in [6.07, 6.45) is 2.52. The van der Waals surface area contributed by atoms with E-state index in [0.717, 1.165) is 44.6 Å². The van der Waals surface area contributed by atoms with Crippen molar-refractivity contribution >= 4 is 11.1 Å². The summed E-state index contributed by atoms with van der Waals surface area (Å²) in [5, 5.41) is 10.8. The van der Waals surface area contributed by atoms with Crippen LogP contribution in [0.4, 0.5) is 0 Å². The molecule has 0 spiro atoms. The third kappa shape index (κ3) is 4.94. The van der Waals surface area contributed by atoms with E-state index in [1.807, 2.05) is 54.6 Å². The Hall–Kier alpha value is -4.70. The standard InChI is InChI=1S/C35H30N2O2/c1-35(2,3)27-16-18-31(38)29(22-27)34-37-32-28(24-12-9-13-25(21-24)30-14-7-8-19-36-30)17-15-26(33(32)39-34)20-23-10-5-4-6-11-23/h4-19,21-22,38H,20H2,1-3H3. The summed E-state index contributed by atoms with van der Waals surface area (Å²) in [5.74, 6) is 0.564. The predicted molar refractivity (Wildman–Crippen MR) is 158 cm³/mol. The molecule has 6 rings (SSSR count). The monoisotopic (exact) mass is 510 g/mol. The van der Waals surface area contributed by atoms with Gasteiger partial charge in [0.05, 0.1) is 11.3 Å². The zero-order chi connectivity index (χ0) is 27.0. The largest absolute Gasteiger partial charge is 0.507 e. The second kappa shape index (κ2) is 9.88. The predicted octanol–water partition coefficient (Wildman–Crippen LogP) is 8.82. The summed E-state index contributed by atoms with van der Waals surface area (Å²) in [6.45, 7) is 6.46. The van der Waals surface area contributed by atoms with Gasteiger partial charge >= 0.3 is 0 Å². The molecule has 0 aliphatic heterocycles. The van der Waals surface area contributed by atoms with Crippen LogP contribution < -0.4 is 0 Å². The minimum absolute atomic E-state index is 0.0794. The van der Waals surface area contributed by atoms with Gasteiger partial charge in [0.1, 0.15) is 11.3 Å². The first-order chi connectivity index (χ1) is 18.9. The van der Waals surface area contributed by atoms with Gasteiger partial charge in [-0.15, -0.1) is 0 Å². The maximum atomic E-state index is 10.8. The van der Waals surface area contributed by atoms with E-state index in [-0.39, 0.29) is 11.2 Å². The number of rotatable bonds is 5. The lowest BCUT2D eigenvalue weighted by molar-refractivity contribution is 0.472. The number of aromatic nitrogens is 2. The highest BCUT2D eigenvalue weighted by Gasteiger charge is 2.21. The molecule has 0 bridgehead atoms. The first-order valence-electron chi connectivity index (χ1n) is 13.2. The minimum atomic E-state index is -0.0794. The van der Waals surface area contributed by atoms with Crippen LogP contribution in [0.1, 0.15) is 37.5 Å². The quantitative estimate of drug-likeness (QED) is 0.252. The molecule has 0 saturated heterocycles. The number of hydrogen-bond donors (Lipinski definition) is 1. The number of nitrogens with zero attached hydrogens (tertiary/aromatic N) is 2. The Balaban J connectivity index is 1.54. The Bertz CT molecular complexity index is 1760. The van der Waals surface area contributed by atoms with Gasteiger partial charge in [-0.2, -0.15) is 0 Å². The van der Waals surface area contributed by atoms with Gasteiger partial charge in [-0.3, -0.25) is 4.98 Å². The number of aromatic hydroxyl groups is 1. The van der Waals surface area contributed by atoms with Crippen molar-refractivity contribution < 1.29 is 9.52 Å². The summed E-state index contributed by atoms with van der Waals surface area (Å²) in [4.78, 5) is 9.53. The molecule has 2 aromatic heterocycles. The van der Waals surface area contributed by atoms with Gasteiger partial charge in [-0.05, 0) is 52.4 Å². The molecule has 0 fully saturated rings. The smallest absolute Gasteiger partial charge is 0.231 e. The van der Waals surface area contributed by atoms with Crippen LogP contribution in [0.3, 0.4) is 0 Å². The molecule has 0 aliphatic rings. The topological polar surface area (TPSA) is 59.2 Å². The second-order valence-corrected chi connectivity index (χ2v) is 10.9. The molecule has 0 unspecified atom stereocenters. The fraction of sp³-hybridized carbons (Fsp3) is 0.143. The molecule has 192 valence electrons. The van der Waals surface area contributed by atoms with Gasteiger partial charge in [0, 0.05) is 29.3 Å². The molecule has 4 aromatic carbocycles.